The van der Waals surface area contributed by atoms with Crippen LogP contribution in [0.5, 0.6) is 0 Å². The van der Waals surface area contributed by atoms with Gasteiger partial charge >= 0.3 is 6.18 Å². The van der Waals surface area contributed by atoms with Crippen LogP contribution in [0.15, 0.2) is 0 Å². The average Bonchev–Trinajstić information content (AvgIpc) is 2.11. The molecule has 2 nitrogen and oxygen atoms in total. The minimum absolute atomic E-state index is 0.0653. The molecule has 0 aromatic heterocycles. The molecule has 1 aliphatic rings. The first-order valence-corrected chi connectivity index (χ1v) is 2.80. The fraction of sp³-hybridized carbons (Fsp3) is 0.800. The Hall–Kier alpha value is -0.740. The van der Waals surface area contributed by atoms with Gasteiger partial charge in [-0.3, -0.25) is 4.79 Å². The predicted octanol–water partition coefficient (Wildman–Crippen LogP) is 0.842. The summed E-state index contributed by atoms with van der Waals surface area (Å²) in [6.45, 7) is 0. The molecule has 0 aromatic rings. The summed E-state index contributed by atoms with van der Waals surface area (Å²) in [7, 11) is 0. The molecular formula is C5H5F3NO. The van der Waals surface area contributed by atoms with E-state index in [1.807, 2.05) is 0 Å². The minimum atomic E-state index is -4.33. The van der Waals surface area contributed by atoms with Crippen LogP contribution in [-0.2, 0) is 4.79 Å². The molecule has 5 heteroatoms. The molecule has 57 valence electrons. The summed E-state index contributed by atoms with van der Waals surface area (Å²) in [5, 5.41) is 2.90. The van der Waals surface area contributed by atoms with Crippen LogP contribution in [-0.4, -0.2) is 18.1 Å². The molecule has 0 N–H and O–H groups in total. The largest absolute Gasteiger partial charge is 0.410 e. The van der Waals surface area contributed by atoms with Crippen molar-refractivity contribution in [3.8, 4) is 0 Å². The second-order valence-corrected chi connectivity index (χ2v) is 2.12. The summed E-state index contributed by atoms with van der Waals surface area (Å²) in [6, 6.07) is -1.74. The molecule has 1 rings (SSSR count). The Morgan fingerprint density at radius 3 is 2.30 bits per heavy atom. The molecule has 1 amide bonds. The summed E-state index contributed by atoms with van der Waals surface area (Å²) in [5.74, 6) is -0.637. The van der Waals surface area contributed by atoms with Crippen molar-refractivity contribution in [3.63, 3.8) is 0 Å². The zero-order chi connectivity index (χ0) is 7.78. The number of nitrogens with zero attached hydrogens (tertiary/aromatic N) is 1. The number of hydrogen-bond donors (Lipinski definition) is 0. The van der Waals surface area contributed by atoms with Gasteiger partial charge in [-0.05, 0) is 6.42 Å². The van der Waals surface area contributed by atoms with E-state index in [0.29, 0.717) is 0 Å². The molecule has 1 aliphatic heterocycles. The van der Waals surface area contributed by atoms with Gasteiger partial charge in [0.1, 0.15) is 6.04 Å². The van der Waals surface area contributed by atoms with Crippen molar-refractivity contribution in [1.82, 2.24) is 5.32 Å². The maximum absolute atomic E-state index is 11.7. The van der Waals surface area contributed by atoms with Gasteiger partial charge in [0.2, 0.25) is 5.91 Å². The van der Waals surface area contributed by atoms with E-state index in [-0.39, 0.29) is 12.8 Å². The van der Waals surface area contributed by atoms with Gasteiger partial charge in [0.15, 0.2) is 0 Å². The van der Waals surface area contributed by atoms with Crippen molar-refractivity contribution in [2.24, 2.45) is 0 Å². The smallest absolute Gasteiger partial charge is 0.273 e. The van der Waals surface area contributed by atoms with Crippen LogP contribution in [0, 0.1) is 0 Å². The standard InChI is InChI=1S/C5H5F3NO/c6-5(7,8)3-1-2-4(10)9-3/h3H,1-2H2. The van der Waals surface area contributed by atoms with E-state index in [9.17, 15) is 18.0 Å². The second-order valence-electron chi connectivity index (χ2n) is 2.12. The maximum atomic E-state index is 11.7. The van der Waals surface area contributed by atoms with E-state index < -0.39 is 18.1 Å². The van der Waals surface area contributed by atoms with Gasteiger partial charge in [0.25, 0.3) is 0 Å². The summed E-state index contributed by atoms with van der Waals surface area (Å²) >= 11 is 0. The van der Waals surface area contributed by atoms with Gasteiger partial charge in [0.05, 0.1) is 0 Å². The molecule has 1 radical (unpaired) electrons. The van der Waals surface area contributed by atoms with Crippen molar-refractivity contribution in [2.75, 3.05) is 0 Å². The first-order valence-electron chi connectivity index (χ1n) is 2.80. The highest BCUT2D eigenvalue weighted by Gasteiger charge is 2.45. The molecule has 0 bridgehead atoms. The minimum Gasteiger partial charge on any atom is -0.273 e. The third-order valence-corrected chi connectivity index (χ3v) is 1.31. The van der Waals surface area contributed by atoms with Gasteiger partial charge in [0, 0.05) is 6.42 Å². The summed E-state index contributed by atoms with van der Waals surface area (Å²) in [4.78, 5) is 10.2. The molecule has 1 heterocycles. The van der Waals surface area contributed by atoms with Crippen LogP contribution < -0.4 is 5.32 Å². The maximum Gasteiger partial charge on any atom is 0.410 e. The first-order chi connectivity index (χ1) is 4.50. The Balaban J connectivity index is 2.53. The highest BCUT2D eigenvalue weighted by Crippen LogP contribution is 2.27. The van der Waals surface area contributed by atoms with Crippen LogP contribution in [0.2, 0.25) is 0 Å². The number of rotatable bonds is 0. The molecule has 10 heavy (non-hydrogen) atoms. The van der Waals surface area contributed by atoms with Crippen LogP contribution in [0.3, 0.4) is 0 Å². The van der Waals surface area contributed by atoms with Gasteiger partial charge in [-0.1, -0.05) is 0 Å². The van der Waals surface area contributed by atoms with E-state index in [1.165, 1.54) is 0 Å². The van der Waals surface area contributed by atoms with Crippen molar-refractivity contribution in [2.45, 2.75) is 25.1 Å². The summed E-state index contributed by atoms with van der Waals surface area (Å²) in [5.41, 5.74) is 0. The lowest BCUT2D eigenvalue weighted by Gasteiger charge is -2.10. The lowest BCUT2D eigenvalue weighted by Crippen LogP contribution is -2.33. The third-order valence-electron chi connectivity index (χ3n) is 1.31. The molecule has 0 saturated carbocycles. The van der Waals surface area contributed by atoms with Crippen LogP contribution >= 0.6 is 0 Å². The second kappa shape index (κ2) is 2.14. The summed E-state index contributed by atoms with van der Waals surface area (Å²) < 4.78 is 35.1. The molecule has 1 saturated heterocycles. The molecule has 1 fully saturated rings. The van der Waals surface area contributed by atoms with Crippen LogP contribution in [0.1, 0.15) is 12.8 Å². The van der Waals surface area contributed by atoms with E-state index in [4.69, 9.17) is 0 Å². The number of alkyl halides is 3. The van der Waals surface area contributed by atoms with Gasteiger partial charge in [-0.2, -0.15) is 13.2 Å². The molecule has 0 spiro atoms. The Kier molecular flexibility index (Phi) is 1.58. The molecule has 0 aliphatic carbocycles. The molecule has 1 unspecified atom stereocenters. The Morgan fingerprint density at radius 1 is 1.50 bits per heavy atom. The van der Waals surface area contributed by atoms with Gasteiger partial charge in [-0.25, -0.2) is 5.32 Å². The lowest BCUT2D eigenvalue weighted by atomic mass is 10.2. The molecule has 0 aromatic carbocycles. The van der Waals surface area contributed by atoms with E-state index >= 15 is 0 Å². The highest BCUT2D eigenvalue weighted by atomic mass is 19.4. The molecular weight excluding hydrogens is 147 g/mol. The van der Waals surface area contributed by atoms with Crippen molar-refractivity contribution < 1.29 is 18.0 Å². The first kappa shape index (κ1) is 7.37. The van der Waals surface area contributed by atoms with E-state index in [2.05, 4.69) is 5.32 Å². The number of carbonyl (C=O) groups excluding carboxylic acids is 1. The molecule has 1 atom stereocenters. The van der Waals surface area contributed by atoms with E-state index in [0.717, 1.165) is 0 Å². The highest BCUT2D eigenvalue weighted by molar-refractivity contribution is 5.78. The zero-order valence-corrected chi connectivity index (χ0v) is 4.98. The van der Waals surface area contributed by atoms with Crippen molar-refractivity contribution in [1.29, 1.82) is 0 Å². The normalized spacial score (nSPS) is 26.7. The Labute approximate surface area is 55.4 Å². The summed E-state index contributed by atoms with van der Waals surface area (Å²) in [6.07, 6.45) is -4.57. The number of carbonyl (C=O) groups is 1. The lowest BCUT2D eigenvalue weighted by molar-refractivity contribution is -0.155. The number of halogens is 3. The number of hydrogen-bond acceptors (Lipinski definition) is 1. The Bertz CT molecular complexity index is 153. The average molecular weight is 152 g/mol. The topological polar surface area (TPSA) is 31.2 Å². The quantitative estimate of drug-likeness (QED) is 0.506. The van der Waals surface area contributed by atoms with Crippen molar-refractivity contribution >= 4 is 5.91 Å². The zero-order valence-electron chi connectivity index (χ0n) is 4.98. The van der Waals surface area contributed by atoms with Crippen LogP contribution in [0.25, 0.3) is 0 Å². The fourth-order valence-corrected chi connectivity index (χ4v) is 0.800. The third kappa shape index (κ3) is 1.40. The monoisotopic (exact) mass is 152 g/mol. The van der Waals surface area contributed by atoms with E-state index in [1.54, 1.807) is 0 Å². The van der Waals surface area contributed by atoms with Crippen LogP contribution in [0.4, 0.5) is 13.2 Å². The number of amides is 1. The van der Waals surface area contributed by atoms with Gasteiger partial charge < -0.3 is 0 Å². The SMILES string of the molecule is O=C1CCC(C(F)(F)F)[N]1. The predicted molar refractivity (Wildman–Crippen MR) is 26.2 cm³/mol. The fourth-order valence-electron chi connectivity index (χ4n) is 0.800. The van der Waals surface area contributed by atoms with Crippen molar-refractivity contribution in [3.05, 3.63) is 0 Å². The Morgan fingerprint density at radius 2 is 2.10 bits per heavy atom. The van der Waals surface area contributed by atoms with Gasteiger partial charge in [-0.15, -0.1) is 0 Å².